The van der Waals surface area contributed by atoms with Gasteiger partial charge in [-0.3, -0.25) is 19.8 Å². The Hall–Kier alpha value is -2.71. The highest BCUT2D eigenvalue weighted by atomic mass is 16.6. The van der Waals surface area contributed by atoms with Crippen molar-refractivity contribution in [3.63, 3.8) is 0 Å². The van der Waals surface area contributed by atoms with E-state index in [4.69, 9.17) is 14.2 Å². The van der Waals surface area contributed by atoms with Crippen molar-refractivity contribution in [1.29, 1.82) is 0 Å². The van der Waals surface area contributed by atoms with Gasteiger partial charge in [0.25, 0.3) is 0 Å². The molecule has 0 aromatic heterocycles. The minimum atomic E-state index is -0.724. The van der Waals surface area contributed by atoms with E-state index in [0.717, 1.165) is 24.1 Å². The maximum Gasteiger partial charge on any atom is 0.330 e. The van der Waals surface area contributed by atoms with Crippen molar-refractivity contribution in [1.82, 2.24) is 5.32 Å². The summed E-state index contributed by atoms with van der Waals surface area (Å²) in [5, 5.41) is 3.58. The topological polar surface area (TPSA) is 94.2 Å². The van der Waals surface area contributed by atoms with Crippen LogP contribution in [0.5, 0.6) is 0 Å². The second kappa shape index (κ2) is 8.22. The molecule has 0 bridgehead atoms. The summed E-state index contributed by atoms with van der Waals surface area (Å²) in [5.74, 6) is -0.439. The van der Waals surface area contributed by atoms with Crippen molar-refractivity contribution >= 4 is 23.5 Å². The van der Waals surface area contributed by atoms with Crippen LogP contribution in [0.2, 0.25) is 0 Å². The summed E-state index contributed by atoms with van der Waals surface area (Å²) < 4.78 is 19.6. The van der Waals surface area contributed by atoms with E-state index in [0.29, 0.717) is 12.8 Å². The second-order valence-electron chi connectivity index (χ2n) is 14.6. The molecule has 6 aliphatic rings. The van der Waals surface area contributed by atoms with E-state index in [-0.39, 0.29) is 59.3 Å². The Morgan fingerprint density at radius 1 is 1.07 bits per heavy atom. The summed E-state index contributed by atoms with van der Waals surface area (Å²) in [6, 6.07) is 7.84. The molecule has 1 spiro atoms. The minimum absolute atomic E-state index is 0.0292. The van der Waals surface area contributed by atoms with Crippen LogP contribution in [0.25, 0.3) is 0 Å². The number of benzene rings is 1. The first-order valence-corrected chi connectivity index (χ1v) is 15.2. The number of esters is 2. The fraction of sp³-hybridized carbons (Fsp3) is 0.667. The summed E-state index contributed by atoms with van der Waals surface area (Å²) in [6.07, 6.45) is 6.00. The Kier molecular flexibility index (Phi) is 5.44. The summed E-state index contributed by atoms with van der Waals surface area (Å²) in [7, 11) is 0. The van der Waals surface area contributed by atoms with Crippen LogP contribution in [0.4, 0.5) is 5.69 Å². The highest BCUT2D eigenvalue weighted by molar-refractivity contribution is 6.02. The van der Waals surface area contributed by atoms with Gasteiger partial charge in [-0.15, -0.1) is 0 Å². The molecule has 2 saturated heterocycles. The van der Waals surface area contributed by atoms with Crippen molar-refractivity contribution in [3.05, 3.63) is 42.0 Å². The third kappa shape index (κ3) is 3.32. The number of rotatable bonds is 1. The number of nitrogens with one attached hydrogen (secondary N) is 1. The highest BCUT2D eigenvalue weighted by Gasteiger charge is 2.75. The summed E-state index contributed by atoms with van der Waals surface area (Å²) in [4.78, 5) is 40.6. The van der Waals surface area contributed by atoms with Crippen molar-refractivity contribution in [2.45, 2.75) is 109 Å². The van der Waals surface area contributed by atoms with Gasteiger partial charge in [0.05, 0.1) is 17.3 Å². The Labute approximate surface area is 242 Å². The van der Waals surface area contributed by atoms with Gasteiger partial charge in [0, 0.05) is 35.8 Å². The molecule has 4 fully saturated rings. The molecule has 220 valence electrons. The van der Waals surface area contributed by atoms with Crippen molar-refractivity contribution < 1.29 is 28.6 Å². The van der Waals surface area contributed by atoms with Crippen LogP contribution >= 0.6 is 0 Å². The number of hydrogen-bond acceptors (Lipinski definition) is 7. The number of carbonyl (C=O) groups excluding carboxylic acids is 3. The van der Waals surface area contributed by atoms with Gasteiger partial charge in [0.1, 0.15) is 23.5 Å². The second-order valence-corrected chi connectivity index (χ2v) is 14.6. The van der Waals surface area contributed by atoms with Crippen LogP contribution in [-0.2, 0) is 34.2 Å². The van der Waals surface area contributed by atoms with E-state index in [1.54, 1.807) is 6.08 Å². The molecule has 4 heterocycles. The monoisotopic (exact) mass is 562 g/mol. The number of cyclic esters (lactones) is 1. The third-order valence-corrected chi connectivity index (χ3v) is 12.2. The van der Waals surface area contributed by atoms with Gasteiger partial charge in [0.15, 0.2) is 0 Å². The predicted octanol–water partition coefficient (Wildman–Crippen LogP) is 4.61. The van der Waals surface area contributed by atoms with Crippen LogP contribution in [-0.4, -0.2) is 47.4 Å². The highest BCUT2D eigenvalue weighted by Crippen LogP contribution is 2.72. The first-order valence-electron chi connectivity index (χ1n) is 15.2. The normalized spacial score (nSPS) is 47.1. The summed E-state index contributed by atoms with van der Waals surface area (Å²) >= 11 is 0. The zero-order valence-corrected chi connectivity index (χ0v) is 25.2. The van der Waals surface area contributed by atoms with Crippen LogP contribution in [0, 0.1) is 28.6 Å². The number of allylic oxidation sites excluding steroid dienone is 1. The number of nitrogens with zero attached hydrogens (tertiary/aromatic N) is 1. The molecule has 10 atom stereocenters. The van der Waals surface area contributed by atoms with E-state index < -0.39 is 22.2 Å². The lowest BCUT2D eigenvalue weighted by molar-refractivity contribution is -0.240. The number of para-hydroxylation sites is 1. The van der Waals surface area contributed by atoms with E-state index >= 15 is 0 Å². The first kappa shape index (κ1) is 27.1. The van der Waals surface area contributed by atoms with E-state index in [9.17, 15) is 14.4 Å². The molecule has 8 heteroatoms. The average molecular weight is 563 g/mol. The Morgan fingerprint density at radius 3 is 2.54 bits per heavy atom. The smallest absolute Gasteiger partial charge is 0.330 e. The molecule has 1 aromatic rings. The summed E-state index contributed by atoms with van der Waals surface area (Å²) in [6.45, 7) is 14.2. The molecule has 1 aromatic carbocycles. The number of hydrogen-bond donors (Lipinski definition) is 1. The number of fused-ring (bicyclic) bond motifs is 10. The lowest BCUT2D eigenvalue weighted by Gasteiger charge is -2.65. The van der Waals surface area contributed by atoms with Crippen LogP contribution in [0.1, 0.15) is 79.7 Å². The average Bonchev–Trinajstić information content (AvgIpc) is 3.45. The van der Waals surface area contributed by atoms with Crippen LogP contribution in [0.15, 0.2) is 36.4 Å². The van der Waals surface area contributed by atoms with Gasteiger partial charge in [-0.1, -0.05) is 38.1 Å². The van der Waals surface area contributed by atoms with E-state index in [2.05, 4.69) is 38.2 Å². The Morgan fingerprint density at radius 2 is 1.80 bits per heavy atom. The molecule has 4 aliphatic heterocycles. The van der Waals surface area contributed by atoms with Gasteiger partial charge >= 0.3 is 11.9 Å². The van der Waals surface area contributed by atoms with E-state index in [1.165, 1.54) is 6.92 Å². The van der Waals surface area contributed by atoms with Crippen LogP contribution < -0.4 is 10.2 Å². The molecular weight excluding hydrogens is 520 g/mol. The number of amides is 1. The molecule has 1 amide bonds. The van der Waals surface area contributed by atoms with Crippen molar-refractivity contribution in [2.24, 2.45) is 28.6 Å². The van der Waals surface area contributed by atoms with Crippen molar-refractivity contribution in [3.8, 4) is 0 Å². The van der Waals surface area contributed by atoms with Crippen molar-refractivity contribution in [2.75, 3.05) is 4.90 Å². The standard InChI is InChI=1S/C33H42N2O6/c1-18-27(38)35-21-11-9-8-10-20(21)33(28(35)34-18)17-24-31(6,41-33)15-12-22-30(5)14-13-26(37)40-29(3,4)23(30)16-25(32(22,24)7)39-19(2)36/h8-11,13-14,18,22-25,28,34H,12,15-17H2,1-7H3/t18-,22+,23-,24+,25-,28-,30+,31-,32+,33-/m0/s1. The third-order valence-electron chi connectivity index (χ3n) is 12.2. The molecule has 1 N–H and O–H groups in total. The molecule has 0 unspecified atom stereocenters. The predicted molar refractivity (Wildman–Crippen MR) is 151 cm³/mol. The fourth-order valence-corrected chi connectivity index (χ4v) is 10.6. The number of anilines is 1. The quantitative estimate of drug-likeness (QED) is 0.500. The largest absolute Gasteiger partial charge is 0.462 e. The van der Waals surface area contributed by atoms with Gasteiger partial charge in [0.2, 0.25) is 5.91 Å². The zero-order valence-electron chi connectivity index (χ0n) is 25.2. The van der Waals surface area contributed by atoms with E-state index in [1.807, 2.05) is 43.9 Å². The summed E-state index contributed by atoms with van der Waals surface area (Å²) in [5.41, 5.74) is -0.774. The van der Waals surface area contributed by atoms with Gasteiger partial charge in [-0.25, -0.2) is 4.79 Å². The Balaban J connectivity index is 1.38. The lowest BCUT2D eigenvalue weighted by Crippen LogP contribution is -2.66. The van der Waals surface area contributed by atoms with Gasteiger partial charge < -0.3 is 14.2 Å². The fourth-order valence-electron chi connectivity index (χ4n) is 10.6. The maximum absolute atomic E-state index is 13.4. The molecule has 2 aliphatic carbocycles. The molecule has 7 rings (SSSR count). The zero-order chi connectivity index (χ0) is 29.3. The molecule has 2 saturated carbocycles. The van der Waals surface area contributed by atoms with Gasteiger partial charge in [-0.05, 0) is 70.8 Å². The first-order chi connectivity index (χ1) is 19.2. The maximum atomic E-state index is 13.4. The Bertz CT molecular complexity index is 1390. The van der Waals surface area contributed by atoms with Gasteiger partial charge in [-0.2, -0.15) is 0 Å². The number of carbonyl (C=O) groups is 3. The molecule has 8 nitrogen and oxygen atoms in total. The molecular formula is C33H42N2O6. The minimum Gasteiger partial charge on any atom is -0.462 e. The number of ether oxygens (including phenoxy) is 3. The lowest BCUT2D eigenvalue weighted by atomic mass is 9.40. The van der Waals surface area contributed by atoms with Crippen LogP contribution in [0.3, 0.4) is 0 Å². The molecule has 0 radical (unpaired) electrons. The SMILES string of the molecule is CC(=O)O[C@H]1C[C@H]2C(C)(C)OC(=O)C=C[C@]2(C)[C@H]2CC[C@]3(C)O[C@@]4(C[C@H]3[C@]12C)c1ccccc1N1C(=O)[C@H](C)N[C@@H]14. The molecule has 41 heavy (non-hydrogen) atoms.